The van der Waals surface area contributed by atoms with Crippen LogP contribution in [0.25, 0.3) is 10.6 Å². The van der Waals surface area contributed by atoms with Gasteiger partial charge in [-0.25, -0.2) is 9.78 Å². The molecule has 3 rings (SSSR count). The van der Waals surface area contributed by atoms with Gasteiger partial charge in [-0.05, 0) is 43.3 Å². The number of anilines is 1. The van der Waals surface area contributed by atoms with E-state index < -0.39 is 18.0 Å². The molecule has 1 N–H and O–H groups in total. The maximum atomic E-state index is 12.4. The van der Waals surface area contributed by atoms with Gasteiger partial charge in [0, 0.05) is 22.7 Å². The fraction of sp³-hybridized carbons (Fsp3) is 0.190. The zero-order chi connectivity index (χ0) is 20.8. The number of carbonyl (C=O) groups excluding carboxylic acids is 2. The predicted molar refractivity (Wildman–Crippen MR) is 111 cm³/mol. The van der Waals surface area contributed by atoms with Crippen molar-refractivity contribution in [3.63, 3.8) is 0 Å². The molecule has 0 saturated carbocycles. The summed E-state index contributed by atoms with van der Waals surface area (Å²) in [5, 5.41) is 4.97. The number of rotatable bonds is 7. The summed E-state index contributed by atoms with van der Waals surface area (Å²) in [6, 6.07) is 14.3. The van der Waals surface area contributed by atoms with E-state index in [1.54, 1.807) is 43.9 Å². The second kappa shape index (κ2) is 9.20. The molecule has 1 atom stereocenters. The topological polar surface area (TPSA) is 86.8 Å². The van der Waals surface area contributed by atoms with Gasteiger partial charge < -0.3 is 19.5 Å². The van der Waals surface area contributed by atoms with Crippen LogP contribution >= 0.6 is 11.3 Å². The van der Waals surface area contributed by atoms with Crippen LogP contribution in [0.15, 0.2) is 53.9 Å². The number of hydrogen-bond donors (Lipinski definition) is 1. The summed E-state index contributed by atoms with van der Waals surface area (Å²) in [5.41, 5.74) is 1.56. The number of ether oxygens (including phenoxy) is 3. The summed E-state index contributed by atoms with van der Waals surface area (Å²) in [6.07, 6.45) is -0.986. The monoisotopic (exact) mass is 412 g/mol. The first-order valence-electron chi connectivity index (χ1n) is 8.76. The van der Waals surface area contributed by atoms with Crippen molar-refractivity contribution < 1.29 is 23.8 Å². The summed E-state index contributed by atoms with van der Waals surface area (Å²) < 4.78 is 15.5. The van der Waals surface area contributed by atoms with Crippen LogP contribution in [-0.4, -0.2) is 37.2 Å². The molecular weight excluding hydrogens is 392 g/mol. The van der Waals surface area contributed by atoms with E-state index in [-0.39, 0.29) is 5.69 Å². The van der Waals surface area contributed by atoms with E-state index in [1.165, 1.54) is 18.3 Å². The minimum atomic E-state index is -0.986. The molecule has 1 aromatic heterocycles. The summed E-state index contributed by atoms with van der Waals surface area (Å²) >= 11 is 1.32. The van der Waals surface area contributed by atoms with Gasteiger partial charge >= 0.3 is 5.97 Å². The van der Waals surface area contributed by atoms with Crippen LogP contribution in [0.3, 0.4) is 0 Å². The second-order valence-electron chi connectivity index (χ2n) is 6.04. The smallest absolute Gasteiger partial charge is 0.358 e. The largest absolute Gasteiger partial charge is 0.497 e. The molecule has 0 aliphatic carbocycles. The van der Waals surface area contributed by atoms with E-state index in [1.807, 2.05) is 24.3 Å². The van der Waals surface area contributed by atoms with Gasteiger partial charge in [0.1, 0.15) is 16.5 Å². The number of carbonyl (C=O) groups is 2. The molecule has 1 amide bonds. The average Bonchev–Trinajstić information content (AvgIpc) is 3.24. The number of amides is 1. The second-order valence-corrected chi connectivity index (χ2v) is 6.89. The Bertz CT molecular complexity index is 1000. The van der Waals surface area contributed by atoms with Gasteiger partial charge in [-0.15, -0.1) is 11.3 Å². The molecule has 0 bridgehead atoms. The molecule has 2 aromatic carbocycles. The Kier molecular flexibility index (Phi) is 6.46. The molecule has 29 heavy (non-hydrogen) atoms. The predicted octanol–water partition coefficient (Wildman–Crippen LogP) is 4.01. The molecule has 8 heteroatoms. The van der Waals surface area contributed by atoms with Crippen molar-refractivity contribution >= 4 is 28.9 Å². The zero-order valence-electron chi connectivity index (χ0n) is 16.2. The van der Waals surface area contributed by atoms with Crippen LogP contribution < -0.4 is 14.8 Å². The number of esters is 1. The van der Waals surface area contributed by atoms with Crippen molar-refractivity contribution in [2.24, 2.45) is 0 Å². The van der Waals surface area contributed by atoms with Gasteiger partial charge in [0.05, 0.1) is 14.2 Å². The lowest BCUT2D eigenvalue weighted by molar-refractivity contribution is -0.123. The number of nitrogens with one attached hydrogen (secondary N) is 1. The van der Waals surface area contributed by atoms with Crippen molar-refractivity contribution in [1.29, 1.82) is 0 Å². The molecule has 1 heterocycles. The normalized spacial score (nSPS) is 11.4. The SMILES string of the molecule is COc1ccc(-c2nc(C(=O)O[C@@H](C)C(=O)Nc3cccc(OC)c3)cs2)cc1. The van der Waals surface area contributed by atoms with Crippen molar-refractivity contribution in [1.82, 2.24) is 4.98 Å². The summed E-state index contributed by atoms with van der Waals surface area (Å²) in [5.74, 6) is 0.244. The molecule has 7 nitrogen and oxygen atoms in total. The molecular formula is C21H20N2O5S. The number of nitrogens with zero attached hydrogens (tertiary/aromatic N) is 1. The molecule has 150 valence electrons. The molecule has 0 radical (unpaired) electrons. The van der Waals surface area contributed by atoms with E-state index in [0.29, 0.717) is 16.4 Å². The summed E-state index contributed by atoms with van der Waals surface area (Å²) in [7, 11) is 3.14. The molecule has 0 saturated heterocycles. The number of aromatic nitrogens is 1. The third-order valence-corrected chi connectivity index (χ3v) is 4.93. The minimum Gasteiger partial charge on any atom is -0.497 e. The Morgan fingerprint density at radius 3 is 2.45 bits per heavy atom. The van der Waals surface area contributed by atoms with Crippen LogP contribution in [0.1, 0.15) is 17.4 Å². The number of hydrogen-bond acceptors (Lipinski definition) is 7. The van der Waals surface area contributed by atoms with Crippen LogP contribution in [0, 0.1) is 0 Å². The lowest BCUT2D eigenvalue weighted by Gasteiger charge is -2.13. The van der Waals surface area contributed by atoms with E-state index in [4.69, 9.17) is 14.2 Å². The number of methoxy groups -OCH3 is 2. The maximum absolute atomic E-state index is 12.4. The Hall–Kier alpha value is -3.39. The van der Waals surface area contributed by atoms with Gasteiger partial charge in [0.15, 0.2) is 11.8 Å². The van der Waals surface area contributed by atoms with E-state index >= 15 is 0 Å². The molecule has 3 aromatic rings. The van der Waals surface area contributed by atoms with Crippen LogP contribution in [0.5, 0.6) is 11.5 Å². The van der Waals surface area contributed by atoms with Gasteiger partial charge in [-0.3, -0.25) is 4.79 Å². The molecule has 0 spiro atoms. The first-order chi connectivity index (χ1) is 14.0. The van der Waals surface area contributed by atoms with Crippen LogP contribution in [0.2, 0.25) is 0 Å². The van der Waals surface area contributed by atoms with Gasteiger partial charge in [0.2, 0.25) is 0 Å². The highest BCUT2D eigenvalue weighted by Gasteiger charge is 2.21. The highest BCUT2D eigenvalue weighted by Crippen LogP contribution is 2.26. The fourth-order valence-electron chi connectivity index (χ4n) is 2.45. The number of thiazole rings is 1. The van der Waals surface area contributed by atoms with Crippen molar-refractivity contribution in [2.45, 2.75) is 13.0 Å². The lowest BCUT2D eigenvalue weighted by Crippen LogP contribution is -2.30. The standard InChI is InChI=1S/C21H20N2O5S/c1-13(19(24)22-15-5-4-6-17(11-15)27-3)28-21(25)18-12-29-20(23-18)14-7-9-16(26-2)10-8-14/h4-13H,1-3H3,(H,22,24)/t13-/m0/s1. The Labute approximate surface area is 172 Å². The Morgan fingerprint density at radius 2 is 1.76 bits per heavy atom. The minimum absolute atomic E-state index is 0.154. The van der Waals surface area contributed by atoms with E-state index in [2.05, 4.69) is 10.3 Å². The highest BCUT2D eigenvalue weighted by molar-refractivity contribution is 7.13. The third kappa shape index (κ3) is 5.11. The molecule has 0 aliphatic rings. The molecule has 0 fully saturated rings. The summed E-state index contributed by atoms with van der Waals surface area (Å²) in [6.45, 7) is 1.50. The average molecular weight is 412 g/mol. The third-order valence-electron chi connectivity index (χ3n) is 4.04. The van der Waals surface area contributed by atoms with E-state index in [0.717, 1.165) is 11.3 Å². The Balaban J connectivity index is 1.61. The quantitative estimate of drug-likeness (QED) is 0.590. The highest BCUT2D eigenvalue weighted by atomic mass is 32.1. The first-order valence-corrected chi connectivity index (χ1v) is 9.64. The molecule has 0 aliphatic heterocycles. The van der Waals surface area contributed by atoms with Crippen molar-refractivity contribution in [3.8, 4) is 22.1 Å². The van der Waals surface area contributed by atoms with Gasteiger partial charge in [-0.2, -0.15) is 0 Å². The Morgan fingerprint density at radius 1 is 1.03 bits per heavy atom. The summed E-state index contributed by atoms with van der Waals surface area (Å²) in [4.78, 5) is 29.0. The van der Waals surface area contributed by atoms with Gasteiger partial charge in [-0.1, -0.05) is 6.07 Å². The van der Waals surface area contributed by atoms with Crippen LogP contribution in [0.4, 0.5) is 5.69 Å². The van der Waals surface area contributed by atoms with Crippen molar-refractivity contribution in [3.05, 3.63) is 59.6 Å². The zero-order valence-corrected chi connectivity index (χ0v) is 17.0. The van der Waals surface area contributed by atoms with Crippen LogP contribution in [-0.2, 0) is 9.53 Å². The van der Waals surface area contributed by atoms with Gasteiger partial charge in [0.25, 0.3) is 5.91 Å². The number of benzene rings is 2. The lowest BCUT2D eigenvalue weighted by atomic mass is 10.2. The first kappa shape index (κ1) is 20.3. The van der Waals surface area contributed by atoms with E-state index in [9.17, 15) is 9.59 Å². The van der Waals surface area contributed by atoms with Crippen molar-refractivity contribution in [2.75, 3.05) is 19.5 Å². The molecule has 0 unspecified atom stereocenters. The maximum Gasteiger partial charge on any atom is 0.358 e. The fourth-order valence-corrected chi connectivity index (χ4v) is 3.25.